The maximum atomic E-state index is 12.3. The Morgan fingerprint density at radius 3 is 2.35 bits per heavy atom. The molecule has 1 aliphatic carbocycles. The molecule has 3 fully saturated rings. The van der Waals surface area contributed by atoms with Gasteiger partial charge in [0.15, 0.2) is 0 Å². The minimum absolute atomic E-state index is 0.0355. The lowest BCUT2D eigenvalue weighted by molar-refractivity contribution is -0.153. The number of hydrogen-bond acceptors (Lipinski definition) is 3. The lowest BCUT2D eigenvalue weighted by Gasteiger charge is -2.38. The van der Waals surface area contributed by atoms with Gasteiger partial charge >= 0.3 is 0 Å². The molecule has 2 saturated heterocycles. The number of carbonyl (C=O) groups excluding carboxylic acids is 2. The van der Waals surface area contributed by atoms with Crippen LogP contribution in [-0.4, -0.2) is 35.8 Å². The van der Waals surface area contributed by atoms with Crippen LogP contribution < -0.4 is 5.32 Å². The van der Waals surface area contributed by atoms with E-state index in [0.29, 0.717) is 25.4 Å². The van der Waals surface area contributed by atoms with Gasteiger partial charge in [-0.2, -0.15) is 0 Å². The lowest BCUT2D eigenvalue weighted by Crippen LogP contribution is -2.48. The van der Waals surface area contributed by atoms with Crippen molar-refractivity contribution < 1.29 is 9.59 Å². The lowest BCUT2D eigenvalue weighted by atomic mass is 9.76. The van der Waals surface area contributed by atoms with Crippen molar-refractivity contribution in [3.63, 3.8) is 0 Å². The normalized spacial score (nSPS) is 30.2. The molecule has 1 saturated carbocycles. The first-order valence-electron chi connectivity index (χ1n) is 8.25. The molecule has 2 heterocycles. The van der Waals surface area contributed by atoms with E-state index in [1.165, 1.54) is 32.1 Å². The fourth-order valence-electron chi connectivity index (χ4n) is 4.22. The molecule has 0 bridgehead atoms. The molecule has 0 aromatic carbocycles. The molecule has 112 valence electrons. The van der Waals surface area contributed by atoms with Gasteiger partial charge in [-0.3, -0.25) is 14.5 Å². The van der Waals surface area contributed by atoms with Crippen molar-refractivity contribution in [2.24, 2.45) is 5.41 Å². The highest BCUT2D eigenvalue weighted by molar-refractivity contribution is 5.98. The van der Waals surface area contributed by atoms with Crippen molar-refractivity contribution in [3.8, 4) is 0 Å². The van der Waals surface area contributed by atoms with Crippen LogP contribution in [0.3, 0.4) is 0 Å². The van der Waals surface area contributed by atoms with Gasteiger partial charge in [0, 0.05) is 25.4 Å². The minimum Gasteiger partial charge on any atom is -0.314 e. The monoisotopic (exact) mass is 278 g/mol. The van der Waals surface area contributed by atoms with E-state index < -0.39 is 0 Å². The number of hydrogen-bond donors (Lipinski definition) is 1. The van der Waals surface area contributed by atoms with Crippen molar-refractivity contribution in [1.82, 2.24) is 10.2 Å². The highest BCUT2D eigenvalue weighted by atomic mass is 16.2. The predicted molar refractivity (Wildman–Crippen MR) is 77.1 cm³/mol. The number of likely N-dealkylation sites (tertiary alicyclic amines) is 1. The first-order chi connectivity index (χ1) is 9.69. The fourth-order valence-corrected chi connectivity index (χ4v) is 4.22. The Balaban J connectivity index is 1.54. The van der Waals surface area contributed by atoms with Gasteiger partial charge in [0.25, 0.3) is 0 Å². The molecule has 1 atom stereocenters. The fraction of sp³-hybridized carbons (Fsp3) is 0.875. The maximum Gasteiger partial charge on any atom is 0.229 e. The van der Waals surface area contributed by atoms with Gasteiger partial charge in [0.05, 0.1) is 0 Å². The minimum atomic E-state index is 0.0355. The number of nitrogens with zero attached hydrogens (tertiary/aromatic N) is 1. The number of nitrogens with one attached hydrogen (secondary N) is 1. The van der Waals surface area contributed by atoms with Crippen LogP contribution >= 0.6 is 0 Å². The molecule has 2 aliphatic heterocycles. The molecule has 1 unspecified atom stereocenters. The third-order valence-corrected chi connectivity index (χ3v) is 5.43. The SMILES string of the molecule is O=C1CC2(CCCC2)CC(=O)N1CCC1CCCCN1. The van der Waals surface area contributed by atoms with E-state index in [1.807, 2.05) is 0 Å². The van der Waals surface area contributed by atoms with Crippen LogP contribution in [-0.2, 0) is 9.59 Å². The highest BCUT2D eigenvalue weighted by Gasteiger charge is 2.44. The summed E-state index contributed by atoms with van der Waals surface area (Å²) in [6.45, 7) is 1.70. The molecule has 4 heteroatoms. The molecule has 3 aliphatic rings. The van der Waals surface area contributed by atoms with E-state index >= 15 is 0 Å². The van der Waals surface area contributed by atoms with E-state index in [-0.39, 0.29) is 17.2 Å². The molecule has 0 aromatic rings. The summed E-state index contributed by atoms with van der Waals surface area (Å²) in [5.41, 5.74) is 0.0355. The van der Waals surface area contributed by atoms with Gasteiger partial charge in [-0.15, -0.1) is 0 Å². The second kappa shape index (κ2) is 5.84. The van der Waals surface area contributed by atoms with Crippen molar-refractivity contribution in [1.29, 1.82) is 0 Å². The summed E-state index contributed by atoms with van der Waals surface area (Å²) in [7, 11) is 0. The topological polar surface area (TPSA) is 49.4 Å². The van der Waals surface area contributed by atoms with E-state index in [2.05, 4.69) is 5.32 Å². The van der Waals surface area contributed by atoms with Crippen molar-refractivity contribution in [2.45, 2.75) is 70.3 Å². The van der Waals surface area contributed by atoms with Crippen molar-refractivity contribution in [3.05, 3.63) is 0 Å². The van der Waals surface area contributed by atoms with Crippen LogP contribution in [0.1, 0.15) is 64.2 Å². The van der Waals surface area contributed by atoms with Crippen LogP contribution in [0.5, 0.6) is 0 Å². The Morgan fingerprint density at radius 1 is 1.05 bits per heavy atom. The summed E-state index contributed by atoms with van der Waals surface area (Å²) in [6, 6.07) is 0.492. The van der Waals surface area contributed by atoms with Crippen LogP contribution in [0.2, 0.25) is 0 Å². The third kappa shape index (κ3) is 2.90. The average molecular weight is 278 g/mol. The van der Waals surface area contributed by atoms with Crippen LogP contribution in [0.15, 0.2) is 0 Å². The Kier molecular flexibility index (Phi) is 4.11. The van der Waals surface area contributed by atoms with Crippen LogP contribution in [0.25, 0.3) is 0 Å². The highest BCUT2D eigenvalue weighted by Crippen LogP contribution is 2.46. The molecule has 20 heavy (non-hydrogen) atoms. The summed E-state index contributed by atoms with van der Waals surface area (Å²) in [5, 5.41) is 3.49. The second-order valence-corrected chi connectivity index (χ2v) is 6.94. The van der Waals surface area contributed by atoms with Crippen LogP contribution in [0, 0.1) is 5.41 Å². The predicted octanol–water partition coefficient (Wildman–Crippen LogP) is 2.23. The Hall–Kier alpha value is -0.900. The Morgan fingerprint density at radius 2 is 1.75 bits per heavy atom. The number of rotatable bonds is 3. The van der Waals surface area contributed by atoms with E-state index in [1.54, 1.807) is 4.90 Å². The first-order valence-corrected chi connectivity index (χ1v) is 8.25. The Bertz CT molecular complexity index is 362. The van der Waals surface area contributed by atoms with Crippen LogP contribution in [0.4, 0.5) is 0 Å². The van der Waals surface area contributed by atoms with Gasteiger partial charge in [-0.1, -0.05) is 19.3 Å². The molecule has 4 nitrogen and oxygen atoms in total. The molecular weight excluding hydrogens is 252 g/mol. The average Bonchev–Trinajstić information content (AvgIpc) is 2.86. The van der Waals surface area contributed by atoms with Gasteiger partial charge in [0.1, 0.15) is 0 Å². The first kappa shape index (κ1) is 14.1. The van der Waals surface area contributed by atoms with E-state index in [4.69, 9.17) is 0 Å². The number of piperidine rings is 2. The number of carbonyl (C=O) groups is 2. The summed E-state index contributed by atoms with van der Waals surface area (Å²) in [5.74, 6) is 0.165. The maximum absolute atomic E-state index is 12.3. The zero-order valence-corrected chi connectivity index (χ0v) is 12.3. The van der Waals surface area contributed by atoms with Gasteiger partial charge in [0.2, 0.25) is 11.8 Å². The summed E-state index contributed by atoms with van der Waals surface area (Å²) >= 11 is 0. The molecule has 0 aromatic heterocycles. The Labute approximate surface area is 121 Å². The third-order valence-electron chi connectivity index (χ3n) is 5.43. The zero-order valence-electron chi connectivity index (χ0n) is 12.3. The molecule has 1 spiro atoms. The second-order valence-electron chi connectivity index (χ2n) is 6.94. The molecular formula is C16H26N2O2. The molecule has 3 rings (SSSR count). The quantitative estimate of drug-likeness (QED) is 0.805. The number of amides is 2. The van der Waals surface area contributed by atoms with Gasteiger partial charge < -0.3 is 5.32 Å². The smallest absolute Gasteiger partial charge is 0.229 e. The summed E-state index contributed by atoms with van der Waals surface area (Å²) in [6.07, 6.45) is 10.4. The largest absolute Gasteiger partial charge is 0.314 e. The van der Waals surface area contributed by atoms with E-state index in [0.717, 1.165) is 25.8 Å². The molecule has 0 radical (unpaired) electrons. The zero-order chi connectivity index (χ0) is 14.0. The van der Waals surface area contributed by atoms with E-state index in [9.17, 15) is 9.59 Å². The summed E-state index contributed by atoms with van der Waals surface area (Å²) < 4.78 is 0. The molecule has 1 N–H and O–H groups in total. The van der Waals surface area contributed by atoms with Gasteiger partial charge in [-0.25, -0.2) is 0 Å². The number of imide groups is 1. The standard InChI is InChI=1S/C16H26N2O2/c19-14-11-16(7-2-3-8-16)12-15(20)18(14)10-6-13-5-1-4-9-17-13/h13,17H,1-12H2. The van der Waals surface area contributed by atoms with Crippen molar-refractivity contribution >= 4 is 11.8 Å². The van der Waals surface area contributed by atoms with Gasteiger partial charge in [-0.05, 0) is 44.1 Å². The summed E-state index contributed by atoms with van der Waals surface area (Å²) in [4.78, 5) is 26.2. The molecule has 2 amide bonds. The van der Waals surface area contributed by atoms with Crippen molar-refractivity contribution in [2.75, 3.05) is 13.1 Å².